The number of imidazole rings is 1. The second-order valence-electron chi connectivity index (χ2n) is 8.55. The fourth-order valence-electron chi connectivity index (χ4n) is 4.64. The van der Waals surface area contributed by atoms with Crippen molar-refractivity contribution in [3.05, 3.63) is 82.2 Å². The molecule has 0 amide bonds. The van der Waals surface area contributed by atoms with Crippen molar-refractivity contribution < 1.29 is 14.0 Å². The number of piperidine rings is 1. The van der Waals surface area contributed by atoms with Crippen molar-refractivity contribution in [1.82, 2.24) is 14.5 Å². The predicted molar refractivity (Wildman–Crippen MR) is 131 cm³/mol. The Balaban J connectivity index is 1.47. The number of methoxy groups -OCH3 is 1. The van der Waals surface area contributed by atoms with E-state index in [1.54, 1.807) is 19.5 Å². The third-order valence-corrected chi connectivity index (χ3v) is 6.58. The Hall–Kier alpha value is -3.32. The molecular formula is C26H26ClFN4O2. The number of ether oxygens (including phenoxy) is 1. The molecule has 0 saturated carbocycles. The van der Waals surface area contributed by atoms with Crippen molar-refractivity contribution in [2.24, 2.45) is 5.16 Å². The van der Waals surface area contributed by atoms with Crippen molar-refractivity contribution in [1.29, 1.82) is 0 Å². The van der Waals surface area contributed by atoms with E-state index in [1.165, 1.54) is 6.07 Å². The number of hydrogen-bond donors (Lipinski definition) is 0. The predicted octanol–water partition coefficient (Wildman–Crippen LogP) is 5.94. The number of rotatable bonds is 4. The highest BCUT2D eigenvalue weighted by atomic mass is 35.5. The first kappa shape index (κ1) is 22.5. The van der Waals surface area contributed by atoms with Gasteiger partial charge < -0.3 is 19.0 Å². The van der Waals surface area contributed by atoms with Crippen molar-refractivity contribution in [2.75, 3.05) is 20.3 Å². The van der Waals surface area contributed by atoms with Crippen LogP contribution < -0.4 is 4.74 Å². The molecule has 0 spiro atoms. The molecule has 3 heterocycles. The summed E-state index contributed by atoms with van der Waals surface area (Å²) in [6, 6.07) is 11.1. The van der Waals surface area contributed by atoms with Gasteiger partial charge >= 0.3 is 0 Å². The molecule has 0 N–H and O–H groups in total. The molecular weight excluding hydrogens is 455 g/mol. The highest BCUT2D eigenvalue weighted by Gasteiger charge is 2.31. The second kappa shape index (κ2) is 9.50. The van der Waals surface area contributed by atoms with E-state index in [4.69, 9.17) is 21.2 Å². The van der Waals surface area contributed by atoms with Crippen molar-refractivity contribution in [2.45, 2.75) is 32.2 Å². The third kappa shape index (κ3) is 4.40. The zero-order chi connectivity index (χ0) is 23.7. The normalized spacial score (nSPS) is 19.3. The highest BCUT2D eigenvalue weighted by Crippen LogP contribution is 2.35. The first-order valence-electron chi connectivity index (χ1n) is 11.3. The van der Waals surface area contributed by atoms with E-state index < -0.39 is 5.82 Å². The molecule has 0 bridgehead atoms. The van der Waals surface area contributed by atoms with Gasteiger partial charge in [-0.05, 0) is 66.8 Å². The molecule has 6 nitrogen and oxygen atoms in total. The van der Waals surface area contributed by atoms with Crippen LogP contribution in [-0.4, -0.2) is 40.5 Å². The van der Waals surface area contributed by atoms with Gasteiger partial charge in [-0.2, -0.15) is 0 Å². The molecule has 1 aromatic heterocycles. The molecule has 34 heavy (non-hydrogen) atoms. The Morgan fingerprint density at radius 2 is 2.12 bits per heavy atom. The number of aromatic nitrogens is 2. The minimum atomic E-state index is -0.407. The van der Waals surface area contributed by atoms with E-state index in [9.17, 15) is 4.39 Å². The molecule has 1 saturated heterocycles. The molecule has 0 unspecified atom stereocenters. The first-order chi connectivity index (χ1) is 16.5. The van der Waals surface area contributed by atoms with E-state index in [0.29, 0.717) is 13.0 Å². The number of nitrogens with zero attached hydrogens (tertiary/aromatic N) is 4. The molecule has 2 aliphatic heterocycles. The Morgan fingerprint density at radius 1 is 1.24 bits per heavy atom. The number of amidine groups is 1. The number of halogens is 2. The van der Waals surface area contributed by atoms with Gasteiger partial charge in [0.05, 0.1) is 35.9 Å². The standard InChI is InChI=1S/C26H26ClFN4O2/c1-17-15-31(16-29-17)24-8-5-18(13-25(24)33-2)12-20-4-3-10-32-23(9-11-34-30-26(20)32)19-6-7-21(27)22(28)14-19/h5-8,12-16,23H,3-4,9-11H2,1-2H3/t23-/m1/s1. The maximum atomic E-state index is 14.2. The van der Waals surface area contributed by atoms with Gasteiger partial charge in [0.15, 0.2) is 5.84 Å². The molecule has 1 atom stereocenters. The highest BCUT2D eigenvalue weighted by molar-refractivity contribution is 6.30. The molecule has 5 rings (SSSR count). The van der Waals surface area contributed by atoms with Crippen LogP contribution >= 0.6 is 11.6 Å². The van der Waals surface area contributed by atoms with Crippen LogP contribution in [0.25, 0.3) is 11.8 Å². The van der Waals surface area contributed by atoms with Crippen molar-refractivity contribution >= 4 is 23.5 Å². The van der Waals surface area contributed by atoms with E-state index in [1.807, 2.05) is 35.9 Å². The summed E-state index contributed by atoms with van der Waals surface area (Å²) in [5, 5.41) is 4.59. The Kier molecular flexibility index (Phi) is 6.28. The van der Waals surface area contributed by atoms with Crippen LogP contribution in [0.5, 0.6) is 5.75 Å². The lowest BCUT2D eigenvalue weighted by molar-refractivity contribution is 0.140. The lowest BCUT2D eigenvalue weighted by atomic mass is 9.95. The minimum absolute atomic E-state index is 0.0295. The van der Waals surface area contributed by atoms with Crippen molar-refractivity contribution in [3.8, 4) is 11.4 Å². The van der Waals surface area contributed by atoms with Crippen LogP contribution in [0.15, 0.2) is 59.7 Å². The Morgan fingerprint density at radius 3 is 2.88 bits per heavy atom. The Labute approximate surface area is 203 Å². The number of oxime groups is 1. The average Bonchev–Trinajstić information content (AvgIpc) is 3.15. The molecule has 0 aliphatic carbocycles. The number of hydrogen-bond acceptors (Lipinski definition) is 5. The molecule has 0 radical (unpaired) electrons. The van der Waals surface area contributed by atoms with Crippen molar-refractivity contribution in [3.63, 3.8) is 0 Å². The lowest BCUT2D eigenvalue weighted by Gasteiger charge is -2.36. The summed E-state index contributed by atoms with van der Waals surface area (Å²) in [5.74, 6) is 1.15. The molecule has 176 valence electrons. The molecule has 3 aromatic rings. The van der Waals surface area contributed by atoms with E-state index >= 15 is 0 Å². The smallest absolute Gasteiger partial charge is 0.171 e. The van der Waals surface area contributed by atoms with E-state index in [2.05, 4.69) is 27.2 Å². The fraction of sp³-hybridized carbons (Fsp3) is 0.308. The number of fused-ring (bicyclic) bond motifs is 1. The Bertz CT molecular complexity index is 1270. The van der Waals surface area contributed by atoms with E-state index in [-0.39, 0.29) is 11.1 Å². The molecule has 2 aliphatic rings. The summed E-state index contributed by atoms with van der Waals surface area (Å²) >= 11 is 5.92. The molecule has 8 heteroatoms. The van der Waals surface area contributed by atoms with Gasteiger partial charge in [-0.1, -0.05) is 28.9 Å². The van der Waals surface area contributed by atoms with Gasteiger partial charge in [0.25, 0.3) is 0 Å². The van der Waals surface area contributed by atoms with Crippen LogP contribution in [-0.2, 0) is 4.84 Å². The van der Waals surface area contributed by atoms with Crippen LogP contribution in [0, 0.1) is 12.7 Å². The third-order valence-electron chi connectivity index (χ3n) is 6.28. The summed E-state index contributed by atoms with van der Waals surface area (Å²) in [5.41, 5.74) is 4.84. The topological polar surface area (TPSA) is 51.9 Å². The summed E-state index contributed by atoms with van der Waals surface area (Å²) in [6.45, 7) is 3.25. The average molecular weight is 481 g/mol. The van der Waals surface area contributed by atoms with E-state index in [0.717, 1.165) is 59.1 Å². The maximum Gasteiger partial charge on any atom is 0.171 e. The van der Waals surface area contributed by atoms with Gasteiger partial charge in [0.2, 0.25) is 0 Å². The SMILES string of the molecule is COc1cc(C=C2CCCN3C2=NOCC[C@@H]3c2ccc(Cl)c(F)c2)ccc1-n1cnc(C)c1. The quantitative estimate of drug-likeness (QED) is 0.464. The number of aryl methyl sites for hydroxylation is 1. The molecule has 2 aromatic carbocycles. The van der Waals surface area contributed by atoms with Crippen LogP contribution in [0.1, 0.15) is 42.1 Å². The lowest BCUT2D eigenvalue weighted by Crippen LogP contribution is -2.39. The van der Waals surface area contributed by atoms with Crippen LogP contribution in [0.2, 0.25) is 5.02 Å². The summed E-state index contributed by atoms with van der Waals surface area (Å²) in [4.78, 5) is 12.1. The monoisotopic (exact) mass is 480 g/mol. The second-order valence-corrected chi connectivity index (χ2v) is 8.95. The van der Waals surface area contributed by atoms with Gasteiger partial charge in [0.1, 0.15) is 18.2 Å². The fourth-order valence-corrected chi connectivity index (χ4v) is 4.76. The zero-order valence-corrected chi connectivity index (χ0v) is 19.9. The summed E-state index contributed by atoms with van der Waals surface area (Å²) in [7, 11) is 1.67. The van der Waals surface area contributed by atoms with Gasteiger partial charge in [-0.25, -0.2) is 9.37 Å². The summed E-state index contributed by atoms with van der Waals surface area (Å²) in [6.07, 6.45) is 8.44. The van der Waals surface area contributed by atoms with Gasteiger partial charge in [-0.15, -0.1) is 0 Å². The van der Waals surface area contributed by atoms with Gasteiger partial charge in [0, 0.05) is 19.2 Å². The largest absolute Gasteiger partial charge is 0.495 e. The van der Waals surface area contributed by atoms with Crippen LogP contribution in [0.4, 0.5) is 4.39 Å². The maximum absolute atomic E-state index is 14.2. The number of benzene rings is 2. The zero-order valence-electron chi connectivity index (χ0n) is 19.2. The summed E-state index contributed by atoms with van der Waals surface area (Å²) < 4.78 is 21.8. The molecule has 1 fully saturated rings. The van der Waals surface area contributed by atoms with Gasteiger partial charge in [-0.3, -0.25) is 0 Å². The first-order valence-corrected chi connectivity index (χ1v) is 11.7. The van der Waals surface area contributed by atoms with Crippen LogP contribution in [0.3, 0.4) is 0 Å². The minimum Gasteiger partial charge on any atom is -0.495 e.